The van der Waals surface area contributed by atoms with Gasteiger partial charge in [0.15, 0.2) is 0 Å². The van der Waals surface area contributed by atoms with E-state index >= 15 is 0 Å². The van der Waals surface area contributed by atoms with Crippen LogP contribution in [0.25, 0.3) is 0 Å². The van der Waals surface area contributed by atoms with Gasteiger partial charge in [0.1, 0.15) is 0 Å². The number of aliphatic hydroxyl groups excluding tert-OH is 1. The van der Waals surface area contributed by atoms with E-state index in [0.29, 0.717) is 6.54 Å². The van der Waals surface area contributed by atoms with E-state index in [1.165, 1.54) is 0 Å². The molecule has 0 aromatic heterocycles. The summed E-state index contributed by atoms with van der Waals surface area (Å²) in [6.07, 6.45) is -2.17. The van der Waals surface area contributed by atoms with Crippen LogP contribution in [-0.2, 0) is 0 Å². The van der Waals surface area contributed by atoms with E-state index in [2.05, 4.69) is 0 Å². The first-order chi connectivity index (χ1) is 4.00. The lowest BCUT2D eigenvalue weighted by molar-refractivity contribution is 0.137. The third kappa shape index (κ3) is 137. The summed E-state index contributed by atoms with van der Waals surface area (Å²) in [5.74, 6) is 0. The molecular weight excluding hydrogens is 126 g/mol. The van der Waals surface area contributed by atoms with Crippen LogP contribution in [-0.4, -0.2) is 34.1 Å². The number of hydrogen-bond donors (Lipinski definition) is 4. The molecule has 0 rings (SSSR count). The molecule has 5 N–H and O–H groups in total. The molecule has 0 radical (unpaired) electrons. The van der Waals surface area contributed by atoms with Crippen LogP contribution in [0.4, 0.5) is 4.79 Å². The van der Waals surface area contributed by atoms with Crippen molar-refractivity contribution in [1.29, 1.82) is 0 Å². The van der Waals surface area contributed by atoms with E-state index in [-0.39, 0.29) is 6.10 Å². The predicted octanol–water partition coefficient (Wildman–Crippen LogP) is -0.452. The van der Waals surface area contributed by atoms with Gasteiger partial charge in [0.05, 0.1) is 6.10 Å². The SMILES string of the molecule is CC(O)CN.O=C(O)O. The summed E-state index contributed by atoms with van der Waals surface area (Å²) in [5.41, 5.74) is 4.92. The van der Waals surface area contributed by atoms with Gasteiger partial charge in [0, 0.05) is 6.54 Å². The number of carbonyl (C=O) groups is 1. The molecule has 0 spiro atoms. The minimum absolute atomic E-state index is 0.338. The number of rotatable bonds is 1. The quantitative estimate of drug-likeness (QED) is 0.392. The molecule has 0 amide bonds. The molecule has 0 aromatic carbocycles. The van der Waals surface area contributed by atoms with Crippen molar-refractivity contribution in [3.8, 4) is 0 Å². The molecule has 56 valence electrons. The van der Waals surface area contributed by atoms with Crippen molar-refractivity contribution < 1.29 is 20.1 Å². The average molecular weight is 137 g/mol. The van der Waals surface area contributed by atoms with Gasteiger partial charge in [0.2, 0.25) is 0 Å². The van der Waals surface area contributed by atoms with Crippen LogP contribution < -0.4 is 5.73 Å². The Bertz CT molecular complexity index is 69.0. The van der Waals surface area contributed by atoms with Gasteiger partial charge >= 0.3 is 6.16 Å². The smallest absolute Gasteiger partial charge is 0.450 e. The minimum Gasteiger partial charge on any atom is -0.450 e. The van der Waals surface area contributed by atoms with Crippen LogP contribution >= 0.6 is 0 Å². The fourth-order valence-corrected chi connectivity index (χ4v) is 0. The highest BCUT2D eigenvalue weighted by Gasteiger charge is 1.81. The highest BCUT2D eigenvalue weighted by Crippen LogP contribution is 1.65. The fraction of sp³-hybridized carbons (Fsp3) is 0.750. The summed E-state index contributed by atoms with van der Waals surface area (Å²) in [7, 11) is 0. The monoisotopic (exact) mass is 137 g/mol. The Morgan fingerprint density at radius 2 is 1.78 bits per heavy atom. The van der Waals surface area contributed by atoms with Gasteiger partial charge in [-0.1, -0.05) is 0 Å². The number of nitrogens with two attached hydrogens (primary N) is 1. The maximum absolute atomic E-state index is 8.56. The zero-order chi connectivity index (χ0) is 7.86. The lowest BCUT2D eigenvalue weighted by Gasteiger charge is -1.91. The summed E-state index contributed by atoms with van der Waals surface area (Å²) < 4.78 is 0. The zero-order valence-corrected chi connectivity index (χ0v) is 5.11. The summed E-state index contributed by atoms with van der Waals surface area (Å²) in [5, 5.41) is 22.2. The fourth-order valence-electron chi connectivity index (χ4n) is 0. The largest absolute Gasteiger partial charge is 0.503 e. The van der Waals surface area contributed by atoms with Gasteiger partial charge in [-0.2, -0.15) is 0 Å². The molecule has 0 aliphatic carbocycles. The third-order valence-electron chi connectivity index (χ3n) is 0.341. The van der Waals surface area contributed by atoms with E-state index in [1.54, 1.807) is 6.92 Å². The molecule has 5 heteroatoms. The third-order valence-corrected chi connectivity index (χ3v) is 0.341. The highest BCUT2D eigenvalue weighted by atomic mass is 16.6. The highest BCUT2D eigenvalue weighted by molar-refractivity contribution is 5.53. The molecule has 1 atom stereocenters. The van der Waals surface area contributed by atoms with Crippen LogP contribution in [0.2, 0.25) is 0 Å². The van der Waals surface area contributed by atoms with Crippen LogP contribution in [0.1, 0.15) is 6.92 Å². The van der Waals surface area contributed by atoms with Crippen LogP contribution in [0, 0.1) is 0 Å². The second-order valence-corrected chi connectivity index (χ2v) is 1.37. The molecule has 0 aliphatic heterocycles. The molecule has 0 saturated carbocycles. The predicted molar refractivity (Wildman–Crippen MR) is 31.4 cm³/mol. The minimum atomic E-state index is -1.83. The molecule has 5 nitrogen and oxygen atoms in total. The molecular formula is C4H11NO4. The zero-order valence-electron chi connectivity index (χ0n) is 5.11. The van der Waals surface area contributed by atoms with E-state index in [9.17, 15) is 0 Å². The first-order valence-corrected chi connectivity index (χ1v) is 2.30. The summed E-state index contributed by atoms with van der Waals surface area (Å²) in [4.78, 5) is 8.56. The molecule has 0 aliphatic rings. The van der Waals surface area contributed by atoms with Crippen molar-refractivity contribution in [2.75, 3.05) is 6.54 Å². The van der Waals surface area contributed by atoms with Crippen molar-refractivity contribution in [3.05, 3.63) is 0 Å². The molecule has 0 fully saturated rings. The molecule has 0 heterocycles. The second-order valence-electron chi connectivity index (χ2n) is 1.37. The van der Waals surface area contributed by atoms with E-state index in [1.807, 2.05) is 0 Å². The topological polar surface area (TPSA) is 104 Å². The van der Waals surface area contributed by atoms with Gasteiger partial charge in [-0.3, -0.25) is 0 Å². The van der Waals surface area contributed by atoms with Crippen molar-refractivity contribution in [2.45, 2.75) is 13.0 Å². The van der Waals surface area contributed by atoms with E-state index < -0.39 is 6.16 Å². The molecule has 1 unspecified atom stereocenters. The standard InChI is InChI=1S/C3H9NO.CH2O3/c1-3(5)2-4;2-1(3)4/h3,5H,2,4H2,1H3;(H2,2,3,4). The van der Waals surface area contributed by atoms with Gasteiger partial charge in [-0.25, -0.2) is 4.79 Å². The maximum atomic E-state index is 8.56. The lowest BCUT2D eigenvalue weighted by Crippen LogP contribution is -2.14. The van der Waals surface area contributed by atoms with Crippen LogP contribution in [0.5, 0.6) is 0 Å². The van der Waals surface area contributed by atoms with Gasteiger partial charge in [-0.15, -0.1) is 0 Å². The average Bonchev–Trinajstić information content (AvgIpc) is 1.65. The Kier molecular flexibility index (Phi) is 8.83. The van der Waals surface area contributed by atoms with Crippen LogP contribution in [0.15, 0.2) is 0 Å². The van der Waals surface area contributed by atoms with Crippen LogP contribution in [0.3, 0.4) is 0 Å². The number of carboxylic acid groups (broad SMARTS) is 2. The summed E-state index contributed by atoms with van der Waals surface area (Å²) in [6, 6.07) is 0. The first kappa shape index (κ1) is 11.0. The Hall–Kier alpha value is -0.810. The van der Waals surface area contributed by atoms with Gasteiger partial charge in [0.25, 0.3) is 0 Å². The summed E-state index contributed by atoms with van der Waals surface area (Å²) in [6.45, 7) is 2.01. The van der Waals surface area contributed by atoms with Crippen molar-refractivity contribution in [2.24, 2.45) is 5.73 Å². The Balaban J connectivity index is 0. The Labute approximate surface area is 52.7 Å². The molecule has 9 heavy (non-hydrogen) atoms. The Morgan fingerprint density at radius 1 is 1.67 bits per heavy atom. The number of hydrogen-bond acceptors (Lipinski definition) is 3. The maximum Gasteiger partial charge on any atom is 0.503 e. The van der Waals surface area contributed by atoms with E-state index in [4.69, 9.17) is 25.8 Å². The molecule has 0 bridgehead atoms. The van der Waals surface area contributed by atoms with Crippen molar-refractivity contribution in [3.63, 3.8) is 0 Å². The van der Waals surface area contributed by atoms with Gasteiger partial charge in [-0.05, 0) is 6.92 Å². The van der Waals surface area contributed by atoms with Crippen molar-refractivity contribution in [1.82, 2.24) is 0 Å². The lowest BCUT2D eigenvalue weighted by atomic mass is 10.4. The molecule has 0 aromatic rings. The first-order valence-electron chi connectivity index (χ1n) is 2.30. The number of aliphatic hydroxyl groups is 1. The Morgan fingerprint density at radius 3 is 1.78 bits per heavy atom. The normalized spacial score (nSPS) is 11.0. The summed E-state index contributed by atoms with van der Waals surface area (Å²) >= 11 is 0. The van der Waals surface area contributed by atoms with E-state index in [0.717, 1.165) is 0 Å². The van der Waals surface area contributed by atoms with Crippen molar-refractivity contribution >= 4 is 6.16 Å². The molecule has 0 saturated heterocycles. The second kappa shape index (κ2) is 7.19. The van der Waals surface area contributed by atoms with Gasteiger partial charge < -0.3 is 21.1 Å².